The summed E-state index contributed by atoms with van der Waals surface area (Å²) >= 11 is 0. The minimum absolute atomic E-state index is 0.170. The van der Waals surface area contributed by atoms with Crippen LogP contribution in [0, 0.1) is 17.7 Å². The monoisotopic (exact) mass is 429 g/mol. The second kappa shape index (κ2) is 11.4. The molecule has 7 heteroatoms. The van der Waals surface area contributed by atoms with Gasteiger partial charge in [0.2, 0.25) is 0 Å². The minimum Gasteiger partial charge on any atom is -0.352 e. The van der Waals surface area contributed by atoms with Gasteiger partial charge in [0.25, 0.3) is 5.91 Å². The number of aromatic nitrogens is 3. The molecule has 0 fully saturated rings. The number of carbonyl (C=O) groups excluding carboxylic acids is 1. The van der Waals surface area contributed by atoms with E-state index in [2.05, 4.69) is 32.3 Å². The number of nitrogens with zero attached hydrogens (tertiary/aromatic N) is 4. The number of halogens is 1. The largest absolute Gasteiger partial charge is 0.352 e. The Hall–Kier alpha value is -4.05. The van der Waals surface area contributed by atoms with E-state index >= 15 is 0 Å². The van der Waals surface area contributed by atoms with Gasteiger partial charge in [0.1, 0.15) is 18.5 Å². The maximum absolute atomic E-state index is 13.2. The predicted octanol–water partition coefficient (Wildman–Crippen LogP) is 3.96. The zero-order valence-corrected chi connectivity index (χ0v) is 18.0. The fourth-order valence-electron chi connectivity index (χ4n) is 3.05. The van der Waals surface area contributed by atoms with Crippen molar-refractivity contribution in [1.82, 2.24) is 20.1 Å². The summed E-state index contributed by atoms with van der Waals surface area (Å²) in [5.41, 5.74) is 3.70. The number of allylic oxidation sites excluding steroid dienone is 2. The molecule has 1 amide bonds. The van der Waals surface area contributed by atoms with E-state index in [-0.39, 0.29) is 11.7 Å². The van der Waals surface area contributed by atoms with Crippen LogP contribution in [0.25, 0.3) is 5.69 Å². The van der Waals surface area contributed by atoms with Gasteiger partial charge in [0, 0.05) is 36.5 Å². The van der Waals surface area contributed by atoms with E-state index in [0.717, 1.165) is 24.1 Å². The molecule has 0 saturated heterocycles. The number of hydrogen-bond acceptors (Lipinski definition) is 4. The molecule has 3 rings (SSSR count). The molecule has 0 saturated carbocycles. The molecule has 162 valence electrons. The molecular formula is C25H24FN5O. The van der Waals surface area contributed by atoms with Crippen LogP contribution in [0.4, 0.5) is 4.39 Å². The van der Waals surface area contributed by atoms with Crippen molar-refractivity contribution in [3.63, 3.8) is 0 Å². The highest BCUT2D eigenvalue weighted by Crippen LogP contribution is 2.16. The Bertz CT molecular complexity index is 1170. The van der Waals surface area contributed by atoms with Crippen LogP contribution in [0.5, 0.6) is 0 Å². The van der Waals surface area contributed by atoms with Crippen molar-refractivity contribution < 1.29 is 9.18 Å². The zero-order valence-electron chi connectivity index (χ0n) is 18.0. The lowest BCUT2D eigenvalue weighted by Gasteiger charge is -2.09. The number of hydrogen-bond donors (Lipinski definition) is 1. The molecule has 1 heterocycles. The predicted molar refractivity (Wildman–Crippen MR) is 123 cm³/mol. The number of aliphatic imine (C=N–C) groups is 1. The minimum atomic E-state index is -0.317. The third-order valence-corrected chi connectivity index (χ3v) is 4.73. The lowest BCUT2D eigenvalue weighted by molar-refractivity contribution is 0.0953. The van der Waals surface area contributed by atoms with E-state index in [1.165, 1.54) is 12.1 Å². The van der Waals surface area contributed by atoms with Gasteiger partial charge >= 0.3 is 0 Å². The van der Waals surface area contributed by atoms with Crippen molar-refractivity contribution >= 4 is 12.1 Å². The Morgan fingerprint density at radius 3 is 2.59 bits per heavy atom. The average molecular weight is 429 g/mol. The van der Waals surface area contributed by atoms with Crippen LogP contribution in [0.3, 0.4) is 0 Å². The fraction of sp³-hybridized carbons (Fsp3) is 0.200. The molecule has 0 aliphatic carbocycles. The van der Waals surface area contributed by atoms with E-state index in [1.54, 1.807) is 48.5 Å². The van der Waals surface area contributed by atoms with Gasteiger partial charge < -0.3 is 5.32 Å². The third kappa shape index (κ3) is 6.22. The Morgan fingerprint density at radius 1 is 1.16 bits per heavy atom. The van der Waals surface area contributed by atoms with Crippen LogP contribution in [-0.4, -0.2) is 40.5 Å². The van der Waals surface area contributed by atoms with Crippen molar-refractivity contribution in [2.75, 3.05) is 13.6 Å². The maximum atomic E-state index is 13.2. The number of carbonyl (C=O) groups is 1. The summed E-state index contributed by atoms with van der Waals surface area (Å²) in [4.78, 5) is 16.7. The summed E-state index contributed by atoms with van der Waals surface area (Å²) in [6, 6.07) is 11.2. The highest BCUT2D eigenvalue weighted by Gasteiger charge is 2.10. The zero-order chi connectivity index (χ0) is 22.8. The van der Waals surface area contributed by atoms with Gasteiger partial charge in [-0.2, -0.15) is 0 Å². The van der Waals surface area contributed by atoms with Crippen molar-refractivity contribution in [3.05, 3.63) is 89.3 Å². The van der Waals surface area contributed by atoms with Crippen LogP contribution in [0.1, 0.15) is 41.3 Å². The van der Waals surface area contributed by atoms with E-state index in [9.17, 15) is 9.18 Å². The molecular weight excluding hydrogens is 405 g/mol. The summed E-state index contributed by atoms with van der Waals surface area (Å²) < 4.78 is 14.9. The summed E-state index contributed by atoms with van der Waals surface area (Å²) in [7, 11) is 1.74. The first-order valence-electron chi connectivity index (χ1n) is 10.2. The first kappa shape index (κ1) is 22.6. The Balaban J connectivity index is 1.77. The molecule has 2 aromatic carbocycles. The molecule has 6 nitrogen and oxygen atoms in total. The summed E-state index contributed by atoms with van der Waals surface area (Å²) in [5, 5.41) is 10.6. The molecule has 0 aliphatic rings. The molecule has 0 atom stereocenters. The molecule has 32 heavy (non-hydrogen) atoms. The highest BCUT2D eigenvalue weighted by molar-refractivity contribution is 5.95. The summed E-state index contributed by atoms with van der Waals surface area (Å²) in [6.07, 6.45) is 8.64. The smallest absolute Gasteiger partial charge is 0.251 e. The first-order chi connectivity index (χ1) is 15.6. The quantitative estimate of drug-likeness (QED) is 0.351. The SMILES string of the molecule is C/C=C(\C=NC)CCCNC(=O)c1ccc(-n2cnnc2)c(C#Cc2ccc(F)cc2)c1. The van der Waals surface area contributed by atoms with E-state index in [0.29, 0.717) is 23.2 Å². The number of nitrogens with one attached hydrogen (secondary N) is 1. The third-order valence-electron chi connectivity index (χ3n) is 4.73. The van der Waals surface area contributed by atoms with Crippen molar-refractivity contribution in [2.24, 2.45) is 4.99 Å². The molecule has 0 radical (unpaired) electrons. The number of rotatable bonds is 7. The fourth-order valence-corrected chi connectivity index (χ4v) is 3.05. The lowest BCUT2D eigenvalue weighted by atomic mass is 10.1. The standard InChI is InChI=1S/C25H24FN5O/c1-3-19(16-27-2)5-4-14-28-25(32)22-10-13-24(31-17-29-30-18-31)21(15-22)9-6-20-7-11-23(26)12-8-20/h3,7-8,10-13,15-18H,4-5,14H2,1-2H3,(H,28,32)/b19-3-,27-16?. The van der Waals surface area contributed by atoms with Crippen LogP contribution < -0.4 is 5.32 Å². The van der Waals surface area contributed by atoms with Gasteiger partial charge in [-0.1, -0.05) is 17.9 Å². The van der Waals surface area contributed by atoms with Gasteiger partial charge in [-0.05, 0) is 67.8 Å². The van der Waals surface area contributed by atoms with Gasteiger partial charge in [-0.25, -0.2) is 4.39 Å². The van der Waals surface area contributed by atoms with Crippen molar-refractivity contribution in [2.45, 2.75) is 19.8 Å². The molecule has 1 aromatic heterocycles. The normalized spacial score (nSPS) is 11.3. The van der Waals surface area contributed by atoms with Gasteiger partial charge in [0.05, 0.1) is 5.69 Å². The molecule has 0 bridgehead atoms. The van der Waals surface area contributed by atoms with Crippen LogP contribution in [0.15, 0.2) is 71.8 Å². The van der Waals surface area contributed by atoms with Crippen LogP contribution >= 0.6 is 0 Å². The first-order valence-corrected chi connectivity index (χ1v) is 10.2. The number of amides is 1. The maximum Gasteiger partial charge on any atom is 0.251 e. The van der Waals surface area contributed by atoms with Crippen LogP contribution in [-0.2, 0) is 0 Å². The lowest BCUT2D eigenvalue weighted by Crippen LogP contribution is -2.24. The van der Waals surface area contributed by atoms with E-state index in [4.69, 9.17) is 0 Å². The van der Waals surface area contributed by atoms with Crippen molar-refractivity contribution in [3.8, 4) is 17.5 Å². The Morgan fingerprint density at radius 2 is 1.91 bits per heavy atom. The van der Waals surface area contributed by atoms with Gasteiger partial charge in [-0.3, -0.25) is 14.4 Å². The van der Waals surface area contributed by atoms with Gasteiger partial charge in [-0.15, -0.1) is 10.2 Å². The molecule has 0 unspecified atom stereocenters. The highest BCUT2D eigenvalue weighted by atomic mass is 19.1. The topological polar surface area (TPSA) is 72.2 Å². The van der Waals surface area contributed by atoms with E-state index in [1.807, 2.05) is 25.3 Å². The molecule has 3 aromatic rings. The van der Waals surface area contributed by atoms with Crippen LogP contribution in [0.2, 0.25) is 0 Å². The summed E-state index contributed by atoms with van der Waals surface area (Å²) in [6.45, 7) is 2.53. The second-order valence-electron chi connectivity index (χ2n) is 6.97. The molecule has 0 aliphatic heterocycles. The van der Waals surface area contributed by atoms with Gasteiger partial charge in [0.15, 0.2) is 0 Å². The Kier molecular flexibility index (Phi) is 8.04. The molecule has 1 N–H and O–H groups in total. The summed E-state index contributed by atoms with van der Waals surface area (Å²) in [5.74, 6) is 5.62. The second-order valence-corrected chi connectivity index (χ2v) is 6.97. The van der Waals surface area contributed by atoms with E-state index < -0.39 is 0 Å². The Labute approximate surface area is 186 Å². The molecule has 0 spiro atoms. The van der Waals surface area contributed by atoms with Crippen molar-refractivity contribution in [1.29, 1.82) is 0 Å². The number of benzene rings is 2. The average Bonchev–Trinajstić information content (AvgIpc) is 3.35.